The Morgan fingerprint density at radius 3 is 2.71 bits per heavy atom. The van der Waals surface area contributed by atoms with E-state index in [1.807, 2.05) is 6.92 Å². The van der Waals surface area contributed by atoms with Gasteiger partial charge in [-0.15, -0.1) is 24.0 Å². The van der Waals surface area contributed by atoms with Crippen LogP contribution in [0.3, 0.4) is 0 Å². The largest absolute Gasteiger partial charge is 0.411 e. The van der Waals surface area contributed by atoms with Crippen LogP contribution in [0.15, 0.2) is 16.6 Å². The third kappa shape index (κ3) is 12.9. The Hall–Kier alpha value is -0.510. The zero-order valence-electron chi connectivity index (χ0n) is 14.3. The van der Waals surface area contributed by atoms with Crippen LogP contribution in [0.4, 0.5) is 13.2 Å². The van der Waals surface area contributed by atoms with Crippen LogP contribution in [0.5, 0.6) is 0 Å². The van der Waals surface area contributed by atoms with E-state index < -0.39 is 12.8 Å². The van der Waals surface area contributed by atoms with Gasteiger partial charge in [0.15, 0.2) is 5.96 Å². The van der Waals surface area contributed by atoms with Crippen molar-refractivity contribution < 1.29 is 17.9 Å². The van der Waals surface area contributed by atoms with Crippen LogP contribution in [0, 0.1) is 0 Å². The second-order valence-electron chi connectivity index (χ2n) is 5.57. The number of halogens is 4. The van der Waals surface area contributed by atoms with Gasteiger partial charge in [-0.2, -0.15) is 13.2 Å². The summed E-state index contributed by atoms with van der Waals surface area (Å²) in [5, 5.41) is 6.39. The van der Waals surface area contributed by atoms with Crippen LogP contribution in [0.2, 0.25) is 0 Å². The lowest BCUT2D eigenvalue weighted by molar-refractivity contribution is -0.173. The predicted molar refractivity (Wildman–Crippen MR) is 102 cm³/mol. The van der Waals surface area contributed by atoms with E-state index in [4.69, 9.17) is 0 Å². The van der Waals surface area contributed by atoms with E-state index in [-0.39, 0.29) is 30.6 Å². The van der Waals surface area contributed by atoms with Crippen LogP contribution in [-0.2, 0) is 4.74 Å². The van der Waals surface area contributed by atoms with Gasteiger partial charge < -0.3 is 15.4 Å². The standard InChI is InChI=1S/C16H28F3N3O.HI/c1-2-20-15(21-10-6-12-23-13-16(17,18)19)22-11-9-14-7-4-3-5-8-14;/h7H,2-6,8-13H2,1H3,(H2,20,21,22);1H. The Kier molecular flexibility index (Phi) is 13.5. The van der Waals surface area contributed by atoms with Gasteiger partial charge in [0, 0.05) is 26.2 Å². The van der Waals surface area contributed by atoms with Gasteiger partial charge in [0.1, 0.15) is 6.61 Å². The summed E-state index contributed by atoms with van der Waals surface area (Å²) in [6, 6.07) is 0. The Labute approximate surface area is 159 Å². The summed E-state index contributed by atoms with van der Waals surface area (Å²) < 4.78 is 40.3. The van der Waals surface area contributed by atoms with Crippen molar-refractivity contribution in [2.75, 3.05) is 32.8 Å². The molecule has 24 heavy (non-hydrogen) atoms. The molecule has 4 nitrogen and oxygen atoms in total. The number of ether oxygens (including phenoxy) is 1. The molecule has 2 N–H and O–H groups in total. The van der Waals surface area contributed by atoms with Crippen molar-refractivity contribution in [1.82, 2.24) is 10.6 Å². The van der Waals surface area contributed by atoms with Crippen LogP contribution < -0.4 is 10.6 Å². The SMILES string of the molecule is CCNC(=NCCCOCC(F)(F)F)NCCC1=CCCCC1.I. The molecule has 0 radical (unpaired) electrons. The molecule has 0 aromatic heterocycles. The first-order chi connectivity index (χ1) is 11.0. The van der Waals surface area contributed by atoms with Crippen molar-refractivity contribution >= 4 is 29.9 Å². The number of rotatable bonds is 9. The average Bonchev–Trinajstić information content (AvgIpc) is 2.50. The highest BCUT2D eigenvalue weighted by molar-refractivity contribution is 14.0. The van der Waals surface area contributed by atoms with Crippen molar-refractivity contribution in [1.29, 1.82) is 0 Å². The molecule has 1 aliphatic rings. The highest BCUT2D eigenvalue weighted by Crippen LogP contribution is 2.19. The lowest BCUT2D eigenvalue weighted by atomic mass is 9.97. The monoisotopic (exact) mass is 463 g/mol. The fourth-order valence-electron chi connectivity index (χ4n) is 2.36. The summed E-state index contributed by atoms with van der Waals surface area (Å²) in [7, 11) is 0. The molecular weight excluding hydrogens is 434 g/mol. The van der Waals surface area contributed by atoms with E-state index in [9.17, 15) is 13.2 Å². The molecule has 0 aromatic rings. The van der Waals surface area contributed by atoms with E-state index in [0.29, 0.717) is 18.9 Å². The topological polar surface area (TPSA) is 45.7 Å². The quantitative estimate of drug-likeness (QED) is 0.179. The smallest absolute Gasteiger partial charge is 0.372 e. The fraction of sp³-hybridized carbons (Fsp3) is 0.812. The van der Waals surface area contributed by atoms with Crippen LogP contribution in [0.25, 0.3) is 0 Å². The van der Waals surface area contributed by atoms with Gasteiger partial charge in [-0.05, 0) is 45.4 Å². The maximum Gasteiger partial charge on any atom is 0.411 e. The first-order valence-corrected chi connectivity index (χ1v) is 8.36. The van der Waals surface area contributed by atoms with Crippen molar-refractivity contribution in [3.8, 4) is 0 Å². The van der Waals surface area contributed by atoms with E-state index in [0.717, 1.165) is 19.5 Å². The molecule has 0 atom stereocenters. The molecule has 1 rings (SSSR count). The molecule has 142 valence electrons. The second-order valence-corrected chi connectivity index (χ2v) is 5.57. The molecule has 0 saturated heterocycles. The summed E-state index contributed by atoms with van der Waals surface area (Å²) in [5.74, 6) is 0.708. The normalized spacial score (nSPS) is 15.5. The minimum atomic E-state index is -4.26. The lowest BCUT2D eigenvalue weighted by Crippen LogP contribution is -2.38. The van der Waals surface area contributed by atoms with Gasteiger partial charge in [-0.3, -0.25) is 4.99 Å². The van der Waals surface area contributed by atoms with Crippen molar-refractivity contribution in [2.24, 2.45) is 4.99 Å². The third-order valence-electron chi connectivity index (χ3n) is 3.45. The number of allylic oxidation sites excluding steroid dienone is 1. The third-order valence-corrected chi connectivity index (χ3v) is 3.45. The van der Waals surface area contributed by atoms with E-state index in [1.54, 1.807) is 0 Å². The number of alkyl halides is 3. The highest BCUT2D eigenvalue weighted by atomic mass is 127. The molecule has 0 spiro atoms. The number of nitrogens with zero attached hydrogens (tertiary/aromatic N) is 1. The number of hydrogen-bond donors (Lipinski definition) is 2. The lowest BCUT2D eigenvalue weighted by Gasteiger charge is -2.15. The summed E-state index contributed by atoms with van der Waals surface area (Å²) >= 11 is 0. The molecule has 0 unspecified atom stereocenters. The predicted octanol–water partition coefficient (Wildman–Crippen LogP) is 4.02. The average molecular weight is 463 g/mol. The van der Waals surface area contributed by atoms with Gasteiger partial charge in [0.2, 0.25) is 0 Å². The van der Waals surface area contributed by atoms with Gasteiger partial charge >= 0.3 is 6.18 Å². The number of aliphatic imine (C=N–C) groups is 1. The zero-order valence-corrected chi connectivity index (χ0v) is 16.6. The van der Waals surface area contributed by atoms with Gasteiger partial charge in [0.25, 0.3) is 0 Å². The molecule has 0 amide bonds. The van der Waals surface area contributed by atoms with Crippen molar-refractivity contribution in [2.45, 2.75) is 51.6 Å². The van der Waals surface area contributed by atoms with E-state index >= 15 is 0 Å². The van der Waals surface area contributed by atoms with Crippen LogP contribution in [0.1, 0.15) is 45.4 Å². The Morgan fingerprint density at radius 1 is 1.29 bits per heavy atom. The summed E-state index contributed by atoms with van der Waals surface area (Å²) in [4.78, 5) is 4.34. The Balaban J connectivity index is 0.00000529. The van der Waals surface area contributed by atoms with Gasteiger partial charge in [0.05, 0.1) is 0 Å². The minimum Gasteiger partial charge on any atom is -0.372 e. The van der Waals surface area contributed by atoms with Crippen LogP contribution >= 0.6 is 24.0 Å². The maximum absolute atomic E-state index is 11.9. The highest BCUT2D eigenvalue weighted by Gasteiger charge is 2.27. The number of hydrogen-bond acceptors (Lipinski definition) is 2. The van der Waals surface area contributed by atoms with Gasteiger partial charge in [-0.1, -0.05) is 11.6 Å². The summed E-state index contributed by atoms with van der Waals surface area (Å²) in [6.07, 6.45) is 4.49. The first kappa shape index (κ1) is 23.5. The van der Waals surface area contributed by atoms with E-state index in [2.05, 4.69) is 26.4 Å². The molecule has 0 aliphatic heterocycles. The minimum absolute atomic E-state index is 0. The Morgan fingerprint density at radius 2 is 2.08 bits per heavy atom. The molecular formula is C16H29F3IN3O. The number of nitrogens with one attached hydrogen (secondary N) is 2. The molecule has 0 fully saturated rings. The second kappa shape index (κ2) is 13.7. The van der Waals surface area contributed by atoms with Gasteiger partial charge in [-0.25, -0.2) is 0 Å². The molecule has 0 heterocycles. The number of guanidine groups is 1. The first-order valence-electron chi connectivity index (χ1n) is 8.36. The fourth-order valence-corrected chi connectivity index (χ4v) is 2.36. The van der Waals surface area contributed by atoms with Crippen molar-refractivity contribution in [3.05, 3.63) is 11.6 Å². The molecule has 1 aliphatic carbocycles. The molecule has 8 heteroatoms. The van der Waals surface area contributed by atoms with Crippen molar-refractivity contribution in [3.63, 3.8) is 0 Å². The summed E-state index contributed by atoms with van der Waals surface area (Å²) in [5.41, 5.74) is 1.50. The molecule has 0 saturated carbocycles. The zero-order chi connectivity index (χ0) is 17.0. The Bertz CT molecular complexity index is 387. The molecule has 0 aromatic carbocycles. The van der Waals surface area contributed by atoms with E-state index in [1.165, 1.54) is 31.3 Å². The van der Waals surface area contributed by atoms with Crippen LogP contribution in [-0.4, -0.2) is 45.0 Å². The summed E-state index contributed by atoms with van der Waals surface area (Å²) in [6.45, 7) is 2.87. The maximum atomic E-state index is 11.9. The molecule has 0 bridgehead atoms.